The predicted molar refractivity (Wildman–Crippen MR) is 51.6 cm³/mol. The molecule has 3 N–H and O–H groups in total. The molecule has 0 spiro atoms. The van der Waals surface area contributed by atoms with Gasteiger partial charge < -0.3 is 15.7 Å². The summed E-state index contributed by atoms with van der Waals surface area (Å²) in [5.74, 6) is 0.592. The van der Waals surface area contributed by atoms with Crippen LogP contribution in [0.1, 0.15) is 5.56 Å². The molecule has 2 heterocycles. The number of aliphatic hydroxyl groups is 1. The zero-order valence-corrected chi connectivity index (χ0v) is 7.51. The number of nitrogens with two attached hydrogens (primary N) is 1. The second-order valence-corrected chi connectivity index (χ2v) is 3.27. The summed E-state index contributed by atoms with van der Waals surface area (Å²) < 4.78 is 0. The quantitative estimate of drug-likeness (QED) is 0.635. The number of hydrogen-bond donors (Lipinski definition) is 2. The van der Waals surface area contributed by atoms with Gasteiger partial charge in [0.15, 0.2) is 5.82 Å². The molecule has 1 saturated heterocycles. The van der Waals surface area contributed by atoms with Gasteiger partial charge in [-0.3, -0.25) is 0 Å². The van der Waals surface area contributed by atoms with Gasteiger partial charge in [0.1, 0.15) is 6.07 Å². The molecular formula is C9H10N4O. The van der Waals surface area contributed by atoms with Crippen molar-refractivity contribution < 1.29 is 5.11 Å². The number of aromatic nitrogens is 1. The lowest BCUT2D eigenvalue weighted by Crippen LogP contribution is -2.51. The molecule has 1 aliphatic heterocycles. The van der Waals surface area contributed by atoms with Crippen LogP contribution < -0.4 is 10.6 Å². The molecule has 0 saturated carbocycles. The second kappa shape index (κ2) is 3.16. The number of aliphatic hydroxyl groups excluding tert-OH is 1. The molecule has 0 amide bonds. The van der Waals surface area contributed by atoms with Crippen molar-refractivity contribution in [2.45, 2.75) is 6.10 Å². The van der Waals surface area contributed by atoms with Gasteiger partial charge in [-0.15, -0.1) is 0 Å². The number of anilines is 2. The lowest BCUT2D eigenvalue weighted by molar-refractivity contribution is 0.141. The summed E-state index contributed by atoms with van der Waals surface area (Å²) in [6.45, 7) is 1.07. The summed E-state index contributed by atoms with van der Waals surface area (Å²) in [4.78, 5) is 5.93. The Kier molecular flexibility index (Phi) is 1.98. The van der Waals surface area contributed by atoms with Crippen LogP contribution in [0, 0.1) is 11.3 Å². The van der Waals surface area contributed by atoms with Crippen molar-refractivity contribution in [2.75, 3.05) is 23.7 Å². The maximum absolute atomic E-state index is 9.12. The second-order valence-electron chi connectivity index (χ2n) is 3.27. The Morgan fingerprint density at radius 3 is 2.93 bits per heavy atom. The standard InChI is InChI=1S/C9H10N4O/c10-3-6-1-2-12-9(8(6)11)13-4-7(14)5-13/h1-2,7,14H,4-5,11H2. The van der Waals surface area contributed by atoms with Crippen LogP contribution in [-0.4, -0.2) is 29.3 Å². The molecule has 72 valence electrons. The van der Waals surface area contributed by atoms with Crippen LogP contribution in [0.2, 0.25) is 0 Å². The number of rotatable bonds is 1. The van der Waals surface area contributed by atoms with E-state index in [-0.39, 0.29) is 6.10 Å². The highest BCUT2D eigenvalue weighted by atomic mass is 16.3. The lowest BCUT2D eigenvalue weighted by Gasteiger charge is -2.37. The molecule has 0 bridgehead atoms. The Balaban J connectivity index is 2.31. The molecular weight excluding hydrogens is 180 g/mol. The number of pyridine rings is 1. The van der Waals surface area contributed by atoms with Crippen molar-refractivity contribution in [3.63, 3.8) is 0 Å². The summed E-state index contributed by atoms with van der Waals surface area (Å²) in [6.07, 6.45) is 1.25. The average molecular weight is 190 g/mol. The van der Waals surface area contributed by atoms with Crippen LogP contribution in [-0.2, 0) is 0 Å². The zero-order chi connectivity index (χ0) is 10.1. The van der Waals surface area contributed by atoms with Crippen LogP contribution in [0.4, 0.5) is 11.5 Å². The van der Waals surface area contributed by atoms with Crippen molar-refractivity contribution in [3.8, 4) is 6.07 Å². The smallest absolute Gasteiger partial charge is 0.153 e. The summed E-state index contributed by atoms with van der Waals surface area (Å²) in [7, 11) is 0. The normalized spacial score (nSPS) is 16.1. The molecule has 5 nitrogen and oxygen atoms in total. The fourth-order valence-electron chi connectivity index (χ4n) is 1.44. The van der Waals surface area contributed by atoms with Crippen molar-refractivity contribution in [1.82, 2.24) is 4.98 Å². The molecule has 1 aromatic rings. The zero-order valence-electron chi connectivity index (χ0n) is 7.51. The molecule has 0 aliphatic carbocycles. The molecule has 0 unspecified atom stereocenters. The van der Waals surface area contributed by atoms with Gasteiger partial charge in [-0.1, -0.05) is 0 Å². The summed E-state index contributed by atoms with van der Waals surface area (Å²) in [5, 5.41) is 17.9. The third kappa shape index (κ3) is 1.26. The van der Waals surface area contributed by atoms with Crippen LogP contribution in [0.3, 0.4) is 0 Å². The summed E-state index contributed by atoms with van der Waals surface area (Å²) in [5.41, 5.74) is 6.56. The Labute approximate surface area is 81.4 Å². The van der Waals surface area contributed by atoms with Crippen molar-refractivity contribution in [1.29, 1.82) is 5.26 Å². The van der Waals surface area contributed by atoms with Gasteiger partial charge in [-0.2, -0.15) is 5.26 Å². The molecule has 5 heteroatoms. The number of hydrogen-bond acceptors (Lipinski definition) is 5. The Morgan fingerprint density at radius 1 is 1.64 bits per heavy atom. The third-order valence-corrected chi connectivity index (χ3v) is 2.25. The maximum Gasteiger partial charge on any atom is 0.153 e. The first-order chi connectivity index (χ1) is 6.72. The highest BCUT2D eigenvalue weighted by Crippen LogP contribution is 2.26. The summed E-state index contributed by atoms with van der Waals surface area (Å²) >= 11 is 0. The highest BCUT2D eigenvalue weighted by molar-refractivity contribution is 5.70. The van der Waals surface area contributed by atoms with E-state index in [9.17, 15) is 0 Å². The molecule has 0 radical (unpaired) electrons. The Bertz CT molecular complexity index is 392. The largest absolute Gasteiger partial charge is 0.395 e. The van der Waals surface area contributed by atoms with E-state index in [1.165, 1.54) is 0 Å². The van der Waals surface area contributed by atoms with E-state index in [0.29, 0.717) is 30.2 Å². The van der Waals surface area contributed by atoms with Gasteiger partial charge in [0, 0.05) is 19.3 Å². The fraction of sp³-hybridized carbons (Fsp3) is 0.333. The van der Waals surface area contributed by atoms with Crippen molar-refractivity contribution in [2.24, 2.45) is 0 Å². The molecule has 0 atom stereocenters. The molecule has 1 aliphatic rings. The van der Waals surface area contributed by atoms with Crippen LogP contribution in [0.15, 0.2) is 12.3 Å². The van der Waals surface area contributed by atoms with Gasteiger partial charge >= 0.3 is 0 Å². The van der Waals surface area contributed by atoms with E-state index in [2.05, 4.69) is 4.98 Å². The van der Waals surface area contributed by atoms with Crippen LogP contribution >= 0.6 is 0 Å². The minimum Gasteiger partial charge on any atom is -0.395 e. The molecule has 1 fully saturated rings. The van der Waals surface area contributed by atoms with Gasteiger partial charge in [-0.25, -0.2) is 4.98 Å². The SMILES string of the molecule is N#Cc1ccnc(N2CC(O)C2)c1N. The first-order valence-corrected chi connectivity index (χ1v) is 4.30. The topological polar surface area (TPSA) is 86.2 Å². The maximum atomic E-state index is 9.12. The fourth-order valence-corrected chi connectivity index (χ4v) is 1.44. The number of nitrogen functional groups attached to an aromatic ring is 1. The first-order valence-electron chi connectivity index (χ1n) is 4.30. The minimum atomic E-state index is -0.304. The van der Waals surface area contributed by atoms with Gasteiger partial charge in [0.2, 0.25) is 0 Å². The average Bonchev–Trinajstić information content (AvgIpc) is 2.14. The van der Waals surface area contributed by atoms with E-state index in [1.54, 1.807) is 12.3 Å². The van der Waals surface area contributed by atoms with Gasteiger partial charge in [-0.05, 0) is 6.07 Å². The number of nitrogens with zero attached hydrogens (tertiary/aromatic N) is 3. The molecule has 1 aromatic heterocycles. The lowest BCUT2D eigenvalue weighted by atomic mass is 10.1. The van der Waals surface area contributed by atoms with Crippen molar-refractivity contribution in [3.05, 3.63) is 17.8 Å². The van der Waals surface area contributed by atoms with E-state index in [4.69, 9.17) is 16.1 Å². The predicted octanol–water partition coefficient (Wildman–Crippen LogP) is -0.284. The van der Waals surface area contributed by atoms with Crippen LogP contribution in [0.25, 0.3) is 0 Å². The molecule has 14 heavy (non-hydrogen) atoms. The van der Waals surface area contributed by atoms with E-state index < -0.39 is 0 Å². The minimum absolute atomic E-state index is 0.304. The number of nitriles is 1. The van der Waals surface area contributed by atoms with Gasteiger partial charge in [0.05, 0.1) is 17.4 Å². The van der Waals surface area contributed by atoms with Crippen molar-refractivity contribution >= 4 is 11.5 Å². The van der Waals surface area contributed by atoms with E-state index in [1.807, 2.05) is 11.0 Å². The molecule has 2 rings (SSSR count). The monoisotopic (exact) mass is 190 g/mol. The van der Waals surface area contributed by atoms with Gasteiger partial charge in [0.25, 0.3) is 0 Å². The third-order valence-electron chi connectivity index (χ3n) is 2.25. The highest BCUT2D eigenvalue weighted by Gasteiger charge is 2.27. The number of β-amino-alcohol motifs (C(OH)–C–C–N with tert-alkyl or cyclic N) is 1. The Hall–Kier alpha value is -1.80. The summed E-state index contributed by atoms with van der Waals surface area (Å²) in [6, 6.07) is 3.57. The molecule has 0 aromatic carbocycles. The first kappa shape index (κ1) is 8.78. The van der Waals surface area contributed by atoms with E-state index in [0.717, 1.165) is 0 Å². The van der Waals surface area contributed by atoms with E-state index >= 15 is 0 Å². The van der Waals surface area contributed by atoms with Crippen LogP contribution in [0.5, 0.6) is 0 Å². The Morgan fingerprint density at radius 2 is 2.36 bits per heavy atom.